The number of amides is 2. The SMILES string of the molecule is O=C(CCN1C(=O)/C(=C/C=C/c2ccccc2)SC1=S)NC12CC3CC(CC(C3)C1)C2. The lowest BCUT2D eigenvalue weighted by Crippen LogP contribution is -2.60. The lowest BCUT2D eigenvalue weighted by atomic mass is 9.53. The van der Waals surface area contributed by atoms with Crippen molar-refractivity contribution in [3.63, 3.8) is 0 Å². The predicted octanol–water partition coefficient (Wildman–Crippen LogP) is 4.92. The van der Waals surface area contributed by atoms with Gasteiger partial charge in [-0.05, 0) is 67.9 Å². The van der Waals surface area contributed by atoms with Crippen LogP contribution in [0.15, 0.2) is 47.4 Å². The third-order valence-corrected chi connectivity index (χ3v) is 8.61. The molecule has 0 aromatic heterocycles. The van der Waals surface area contributed by atoms with Crippen molar-refractivity contribution in [2.24, 2.45) is 17.8 Å². The van der Waals surface area contributed by atoms with E-state index in [4.69, 9.17) is 12.2 Å². The molecule has 4 saturated carbocycles. The molecule has 1 saturated heterocycles. The zero-order chi connectivity index (χ0) is 21.4. The molecule has 5 fully saturated rings. The van der Waals surface area contributed by atoms with Crippen LogP contribution >= 0.6 is 24.0 Å². The zero-order valence-electron chi connectivity index (χ0n) is 17.6. The third-order valence-electron chi connectivity index (χ3n) is 7.21. The number of carbonyl (C=O) groups excluding carboxylic acids is 2. The Morgan fingerprint density at radius 3 is 2.42 bits per heavy atom. The van der Waals surface area contributed by atoms with Crippen molar-refractivity contribution >= 4 is 46.2 Å². The van der Waals surface area contributed by atoms with Crippen molar-refractivity contribution in [1.29, 1.82) is 0 Å². The minimum Gasteiger partial charge on any atom is -0.351 e. The van der Waals surface area contributed by atoms with Gasteiger partial charge in [0.25, 0.3) is 5.91 Å². The zero-order valence-corrected chi connectivity index (χ0v) is 19.2. The maximum atomic E-state index is 12.8. The van der Waals surface area contributed by atoms with Gasteiger partial charge in [0.15, 0.2) is 0 Å². The Morgan fingerprint density at radius 2 is 1.77 bits per heavy atom. The molecule has 4 bridgehead atoms. The molecule has 0 atom stereocenters. The van der Waals surface area contributed by atoms with E-state index < -0.39 is 0 Å². The van der Waals surface area contributed by atoms with Crippen LogP contribution < -0.4 is 5.32 Å². The van der Waals surface area contributed by atoms with Crippen LogP contribution in [0.2, 0.25) is 0 Å². The van der Waals surface area contributed by atoms with Gasteiger partial charge >= 0.3 is 0 Å². The summed E-state index contributed by atoms with van der Waals surface area (Å²) in [5.41, 5.74) is 1.10. The van der Waals surface area contributed by atoms with Crippen LogP contribution in [0.25, 0.3) is 6.08 Å². The van der Waals surface area contributed by atoms with Crippen molar-refractivity contribution in [3.05, 3.63) is 53.0 Å². The van der Waals surface area contributed by atoms with E-state index in [1.54, 1.807) is 4.90 Å². The highest BCUT2D eigenvalue weighted by Crippen LogP contribution is 2.55. The van der Waals surface area contributed by atoms with Gasteiger partial charge in [-0.1, -0.05) is 66.5 Å². The van der Waals surface area contributed by atoms with Crippen LogP contribution in [-0.2, 0) is 9.59 Å². The highest BCUT2D eigenvalue weighted by atomic mass is 32.2. The number of benzene rings is 1. The van der Waals surface area contributed by atoms with Gasteiger partial charge in [0.1, 0.15) is 4.32 Å². The summed E-state index contributed by atoms with van der Waals surface area (Å²) in [5.74, 6) is 2.35. The molecule has 5 aliphatic rings. The number of thioether (sulfide) groups is 1. The summed E-state index contributed by atoms with van der Waals surface area (Å²) >= 11 is 6.72. The lowest BCUT2D eigenvalue weighted by molar-refractivity contribution is -0.127. The summed E-state index contributed by atoms with van der Waals surface area (Å²) in [4.78, 5) is 27.7. The number of thiocarbonyl (C=S) groups is 1. The molecular weight excluding hydrogens is 424 g/mol. The Labute approximate surface area is 193 Å². The molecule has 2 amide bonds. The van der Waals surface area contributed by atoms with Gasteiger partial charge in [0, 0.05) is 18.5 Å². The first kappa shape index (κ1) is 21.0. The molecule has 1 aromatic rings. The first-order chi connectivity index (χ1) is 15.0. The van der Waals surface area contributed by atoms with E-state index in [0.717, 1.165) is 42.6 Å². The highest BCUT2D eigenvalue weighted by molar-refractivity contribution is 8.26. The van der Waals surface area contributed by atoms with Crippen LogP contribution in [0.1, 0.15) is 50.5 Å². The van der Waals surface area contributed by atoms with Gasteiger partial charge in [-0.15, -0.1) is 0 Å². The molecule has 0 unspecified atom stereocenters. The summed E-state index contributed by atoms with van der Waals surface area (Å²) in [7, 11) is 0. The minimum absolute atomic E-state index is 0.0173. The standard InChI is InChI=1S/C25H28N2O2S2/c28-22(26-25-14-18-11-19(15-25)13-20(12-18)16-25)9-10-27-23(29)21(31-24(27)30)8-4-7-17-5-2-1-3-6-17/h1-8,18-20H,9-16H2,(H,26,28)/b7-4+,21-8-. The highest BCUT2D eigenvalue weighted by Gasteiger charge is 2.51. The molecule has 0 spiro atoms. The predicted molar refractivity (Wildman–Crippen MR) is 129 cm³/mol. The fraction of sp³-hybridized carbons (Fsp3) is 0.480. The normalized spacial score (nSPS) is 33.1. The molecule has 162 valence electrons. The Bertz CT molecular complexity index is 918. The Hall–Kier alpha value is -1.92. The third kappa shape index (κ3) is 4.51. The smallest absolute Gasteiger partial charge is 0.266 e. The monoisotopic (exact) mass is 452 g/mol. The van der Waals surface area contributed by atoms with Gasteiger partial charge in [-0.25, -0.2) is 0 Å². The second-order valence-corrected chi connectivity index (χ2v) is 11.3. The fourth-order valence-corrected chi connectivity index (χ4v) is 7.61. The first-order valence-electron chi connectivity index (χ1n) is 11.3. The number of rotatable bonds is 6. The van der Waals surface area contributed by atoms with Crippen LogP contribution in [-0.4, -0.2) is 33.1 Å². The van der Waals surface area contributed by atoms with Crippen molar-refractivity contribution in [2.45, 2.75) is 50.5 Å². The molecular formula is C25H28N2O2S2. The summed E-state index contributed by atoms with van der Waals surface area (Å²) in [5, 5.41) is 3.39. The molecule has 1 aliphatic heterocycles. The average Bonchev–Trinajstić information content (AvgIpc) is 2.99. The number of nitrogens with one attached hydrogen (secondary N) is 1. The number of carbonyl (C=O) groups is 2. The van der Waals surface area contributed by atoms with Crippen molar-refractivity contribution < 1.29 is 9.59 Å². The van der Waals surface area contributed by atoms with Gasteiger partial charge in [-0.3, -0.25) is 14.5 Å². The van der Waals surface area contributed by atoms with E-state index in [2.05, 4.69) is 5.32 Å². The number of hydrogen-bond donors (Lipinski definition) is 1. The molecule has 4 nitrogen and oxygen atoms in total. The van der Waals surface area contributed by atoms with E-state index >= 15 is 0 Å². The van der Waals surface area contributed by atoms with E-state index in [1.807, 2.05) is 48.6 Å². The molecule has 6 heteroatoms. The topological polar surface area (TPSA) is 49.4 Å². The quantitative estimate of drug-likeness (QED) is 0.492. The number of nitrogens with zero attached hydrogens (tertiary/aromatic N) is 1. The maximum Gasteiger partial charge on any atom is 0.266 e. The van der Waals surface area contributed by atoms with Gasteiger partial charge in [-0.2, -0.15) is 0 Å². The van der Waals surface area contributed by atoms with Crippen molar-refractivity contribution in [2.75, 3.05) is 6.54 Å². The summed E-state index contributed by atoms with van der Waals surface area (Å²) < 4.78 is 0.534. The van der Waals surface area contributed by atoms with Crippen molar-refractivity contribution in [1.82, 2.24) is 10.2 Å². The molecule has 6 rings (SSSR count). The van der Waals surface area contributed by atoms with Gasteiger partial charge < -0.3 is 5.32 Å². The minimum atomic E-state index is -0.102. The largest absolute Gasteiger partial charge is 0.351 e. The number of allylic oxidation sites excluding steroid dienone is 2. The summed E-state index contributed by atoms with van der Waals surface area (Å²) in [6.07, 6.45) is 13.5. The van der Waals surface area contributed by atoms with Crippen molar-refractivity contribution in [3.8, 4) is 0 Å². The molecule has 1 aromatic carbocycles. The Kier molecular flexibility index (Phi) is 5.78. The molecule has 1 N–H and O–H groups in total. The molecule has 1 heterocycles. The number of hydrogen-bond acceptors (Lipinski definition) is 4. The first-order valence-corrected chi connectivity index (χ1v) is 12.5. The maximum absolute atomic E-state index is 12.8. The van der Waals surface area contributed by atoms with Crippen LogP contribution in [0.4, 0.5) is 0 Å². The Morgan fingerprint density at radius 1 is 1.13 bits per heavy atom. The lowest BCUT2D eigenvalue weighted by Gasteiger charge is -2.57. The van der Waals surface area contributed by atoms with Crippen LogP contribution in [0.3, 0.4) is 0 Å². The van der Waals surface area contributed by atoms with E-state index in [0.29, 0.717) is 22.2 Å². The average molecular weight is 453 g/mol. The van der Waals surface area contributed by atoms with Crippen LogP contribution in [0, 0.1) is 17.8 Å². The second-order valence-electron chi connectivity index (χ2n) is 9.62. The summed E-state index contributed by atoms with van der Waals surface area (Å²) in [6, 6.07) is 9.96. The van der Waals surface area contributed by atoms with E-state index in [1.165, 1.54) is 31.0 Å². The van der Waals surface area contributed by atoms with Gasteiger partial charge in [0.05, 0.1) is 4.91 Å². The van der Waals surface area contributed by atoms with Gasteiger partial charge in [0.2, 0.25) is 5.91 Å². The Balaban J connectivity index is 1.16. The molecule has 4 aliphatic carbocycles. The van der Waals surface area contributed by atoms with E-state index in [9.17, 15) is 9.59 Å². The molecule has 31 heavy (non-hydrogen) atoms. The second kappa shape index (κ2) is 8.55. The summed E-state index contributed by atoms with van der Waals surface area (Å²) in [6.45, 7) is 0.350. The molecule has 0 radical (unpaired) electrons. The fourth-order valence-electron chi connectivity index (χ4n) is 6.35. The van der Waals surface area contributed by atoms with E-state index in [-0.39, 0.29) is 17.4 Å². The van der Waals surface area contributed by atoms with Crippen LogP contribution in [0.5, 0.6) is 0 Å².